The standard InChI is InChI=1S/C56H107NO5/c1-3-5-7-9-11-13-15-17-19-20-21-22-26-30-34-38-42-46-50-56(61)62-51-47-43-39-35-31-27-23-25-29-33-37-41-45-49-55(60)57-53(52-58)54(59)48-44-40-36-32-28-24-18-16-14-12-10-8-6-4-2/h25,29,37,41,53-54,58-59H,3-24,26-28,30-36,38-40,42-52H2,1-2H3,(H,57,60)/b29-25-,41-37-. The van der Waals surface area contributed by atoms with E-state index in [9.17, 15) is 19.8 Å². The van der Waals surface area contributed by atoms with Gasteiger partial charge in [0, 0.05) is 12.8 Å². The number of allylic oxidation sites excluding steroid dienone is 4. The molecule has 366 valence electrons. The van der Waals surface area contributed by atoms with Crippen molar-refractivity contribution in [3.8, 4) is 0 Å². The van der Waals surface area contributed by atoms with Crippen LogP contribution in [0.25, 0.3) is 0 Å². The predicted octanol–water partition coefficient (Wildman–Crippen LogP) is 16.7. The monoisotopic (exact) mass is 874 g/mol. The molecular formula is C56H107NO5. The molecular weight excluding hydrogens is 767 g/mol. The molecule has 0 aliphatic heterocycles. The quantitative estimate of drug-likeness (QED) is 0.0321. The summed E-state index contributed by atoms with van der Waals surface area (Å²) in [6.45, 7) is 4.90. The van der Waals surface area contributed by atoms with Crippen LogP contribution in [-0.2, 0) is 14.3 Å². The van der Waals surface area contributed by atoms with Crippen molar-refractivity contribution in [2.75, 3.05) is 13.2 Å². The van der Waals surface area contributed by atoms with E-state index in [-0.39, 0.29) is 18.5 Å². The molecule has 3 N–H and O–H groups in total. The van der Waals surface area contributed by atoms with Crippen LogP contribution in [0.1, 0.15) is 296 Å². The van der Waals surface area contributed by atoms with E-state index in [1.165, 1.54) is 205 Å². The highest BCUT2D eigenvalue weighted by molar-refractivity contribution is 5.76. The van der Waals surface area contributed by atoms with E-state index in [1.807, 2.05) is 6.08 Å². The fourth-order valence-electron chi connectivity index (χ4n) is 8.51. The lowest BCUT2D eigenvalue weighted by Gasteiger charge is -2.22. The van der Waals surface area contributed by atoms with Crippen molar-refractivity contribution < 1.29 is 24.5 Å². The van der Waals surface area contributed by atoms with Crippen LogP contribution in [0.3, 0.4) is 0 Å². The Labute approximate surface area is 386 Å². The zero-order chi connectivity index (χ0) is 45.1. The van der Waals surface area contributed by atoms with E-state index in [4.69, 9.17) is 4.74 Å². The molecule has 0 saturated carbocycles. The van der Waals surface area contributed by atoms with Crippen molar-refractivity contribution in [1.29, 1.82) is 0 Å². The van der Waals surface area contributed by atoms with Gasteiger partial charge < -0.3 is 20.3 Å². The Morgan fingerprint density at radius 3 is 1.26 bits per heavy atom. The van der Waals surface area contributed by atoms with Gasteiger partial charge in [-0.15, -0.1) is 0 Å². The summed E-state index contributed by atoms with van der Waals surface area (Å²) in [6.07, 6.45) is 61.7. The summed E-state index contributed by atoms with van der Waals surface area (Å²) in [5.74, 6) is -0.127. The maximum Gasteiger partial charge on any atom is 0.305 e. The number of esters is 1. The first-order chi connectivity index (χ1) is 30.5. The largest absolute Gasteiger partial charge is 0.466 e. The first kappa shape index (κ1) is 60.3. The van der Waals surface area contributed by atoms with Crippen LogP contribution in [0.4, 0.5) is 0 Å². The molecule has 0 spiro atoms. The third kappa shape index (κ3) is 47.8. The van der Waals surface area contributed by atoms with Crippen molar-refractivity contribution in [2.45, 2.75) is 309 Å². The van der Waals surface area contributed by atoms with Crippen LogP contribution in [0.5, 0.6) is 0 Å². The molecule has 6 nitrogen and oxygen atoms in total. The van der Waals surface area contributed by atoms with Crippen molar-refractivity contribution in [3.63, 3.8) is 0 Å². The van der Waals surface area contributed by atoms with Gasteiger partial charge in [0.1, 0.15) is 0 Å². The number of amides is 1. The number of hydrogen-bond acceptors (Lipinski definition) is 5. The van der Waals surface area contributed by atoms with Crippen molar-refractivity contribution in [3.05, 3.63) is 24.3 Å². The van der Waals surface area contributed by atoms with Gasteiger partial charge in [0.05, 0.1) is 25.4 Å². The Morgan fingerprint density at radius 2 is 0.823 bits per heavy atom. The second-order valence-corrected chi connectivity index (χ2v) is 18.9. The van der Waals surface area contributed by atoms with Gasteiger partial charge in [-0.25, -0.2) is 0 Å². The molecule has 0 aliphatic rings. The first-order valence-electron chi connectivity index (χ1n) is 27.6. The highest BCUT2D eigenvalue weighted by Gasteiger charge is 2.19. The smallest absolute Gasteiger partial charge is 0.305 e. The lowest BCUT2D eigenvalue weighted by atomic mass is 10.0. The fraction of sp³-hybridized carbons (Fsp3) is 0.893. The van der Waals surface area contributed by atoms with Crippen LogP contribution in [0, 0.1) is 0 Å². The lowest BCUT2D eigenvalue weighted by molar-refractivity contribution is -0.143. The third-order valence-electron chi connectivity index (χ3n) is 12.8. The van der Waals surface area contributed by atoms with Crippen LogP contribution >= 0.6 is 0 Å². The molecule has 1 amide bonds. The van der Waals surface area contributed by atoms with Gasteiger partial charge in [-0.3, -0.25) is 9.59 Å². The zero-order valence-corrected chi connectivity index (χ0v) is 41.6. The van der Waals surface area contributed by atoms with Gasteiger partial charge in [-0.1, -0.05) is 263 Å². The average Bonchev–Trinajstić information content (AvgIpc) is 3.27. The molecule has 62 heavy (non-hydrogen) atoms. The van der Waals surface area contributed by atoms with E-state index < -0.39 is 12.1 Å². The maximum atomic E-state index is 12.4. The number of nitrogens with one attached hydrogen (secondary N) is 1. The summed E-state index contributed by atoms with van der Waals surface area (Å²) in [6, 6.07) is -0.584. The molecule has 0 aromatic rings. The molecule has 0 rings (SSSR count). The lowest BCUT2D eigenvalue weighted by Crippen LogP contribution is -2.45. The number of aliphatic hydroxyl groups excluding tert-OH is 2. The second-order valence-electron chi connectivity index (χ2n) is 18.9. The Bertz CT molecular complexity index is 966. The number of hydrogen-bond donors (Lipinski definition) is 3. The van der Waals surface area contributed by atoms with Crippen LogP contribution in [0.2, 0.25) is 0 Å². The number of carbonyl (C=O) groups excluding carboxylic acids is 2. The SMILES string of the molecule is CCCCCCCCCCCCCCCCCCCCC(=O)OCCCCCCCC/C=C\C/C=C\CCC(=O)NC(CO)C(O)CCCCCCCCCCCCCCCC. The Kier molecular flexibility index (Phi) is 50.6. The molecule has 6 heteroatoms. The third-order valence-corrected chi connectivity index (χ3v) is 12.8. The van der Waals surface area contributed by atoms with E-state index in [1.54, 1.807) is 0 Å². The van der Waals surface area contributed by atoms with E-state index >= 15 is 0 Å². The molecule has 0 fully saturated rings. The van der Waals surface area contributed by atoms with Gasteiger partial charge in [0.25, 0.3) is 0 Å². The molecule has 0 aliphatic carbocycles. The minimum atomic E-state index is -0.698. The van der Waals surface area contributed by atoms with Gasteiger partial charge in [-0.05, 0) is 44.9 Å². The molecule has 0 aromatic carbocycles. The van der Waals surface area contributed by atoms with Gasteiger partial charge in [0.15, 0.2) is 0 Å². The topological polar surface area (TPSA) is 95.9 Å². The molecule has 0 radical (unpaired) electrons. The van der Waals surface area contributed by atoms with Crippen LogP contribution < -0.4 is 5.32 Å². The number of unbranched alkanes of at least 4 members (excludes halogenated alkanes) is 36. The highest BCUT2D eigenvalue weighted by atomic mass is 16.5. The van der Waals surface area contributed by atoms with E-state index in [2.05, 4.69) is 37.4 Å². The summed E-state index contributed by atoms with van der Waals surface area (Å²) in [5.41, 5.74) is 0. The molecule has 0 heterocycles. The Balaban J connectivity index is 3.51. The van der Waals surface area contributed by atoms with Crippen molar-refractivity contribution >= 4 is 11.9 Å². The van der Waals surface area contributed by atoms with Crippen molar-refractivity contribution in [2.24, 2.45) is 0 Å². The zero-order valence-electron chi connectivity index (χ0n) is 41.6. The van der Waals surface area contributed by atoms with Crippen LogP contribution in [-0.4, -0.2) is 47.4 Å². The fourth-order valence-corrected chi connectivity index (χ4v) is 8.51. The first-order valence-corrected chi connectivity index (χ1v) is 27.6. The number of carbonyl (C=O) groups is 2. The summed E-state index contributed by atoms with van der Waals surface area (Å²) < 4.78 is 5.47. The molecule has 0 bridgehead atoms. The van der Waals surface area contributed by atoms with E-state index in [0.29, 0.717) is 32.3 Å². The number of rotatable bonds is 51. The minimum Gasteiger partial charge on any atom is -0.466 e. The normalized spacial score (nSPS) is 12.8. The minimum absolute atomic E-state index is 0.0126. The van der Waals surface area contributed by atoms with Gasteiger partial charge in [-0.2, -0.15) is 0 Å². The number of aliphatic hydroxyl groups is 2. The second kappa shape index (κ2) is 52.0. The molecule has 2 atom stereocenters. The summed E-state index contributed by atoms with van der Waals surface area (Å²) >= 11 is 0. The van der Waals surface area contributed by atoms with Gasteiger partial charge in [0.2, 0.25) is 5.91 Å². The highest BCUT2D eigenvalue weighted by Crippen LogP contribution is 2.17. The van der Waals surface area contributed by atoms with Crippen LogP contribution in [0.15, 0.2) is 24.3 Å². The van der Waals surface area contributed by atoms with Gasteiger partial charge >= 0.3 is 5.97 Å². The number of ether oxygens (including phenoxy) is 1. The summed E-state index contributed by atoms with van der Waals surface area (Å²) in [4.78, 5) is 24.5. The Morgan fingerprint density at radius 1 is 0.452 bits per heavy atom. The molecule has 0 saturated heterocycles. The van der Waals surface area contributed by atoms with E-state index in [0.717, 1.165) is 51.4 Å². The molecule has 2 unspecified atom stereocenters. The average molecular weight is 874 g/mol. The predicted molar refractivity (Wildman–Crippen MR) is 269 cm³/mol. The summed E-state index contributed by atoms with van der Waals surface area (Å²) in [5, 5.41) is 23.1. The van der Waals surface area contributed by atoms with Crippen molar-refractivity contribution in [1.82, 2.24) is 5.32 Å². The maximum absolute atomic E-state index is 12.4. The summed E-state index contributed by atoms with van der Waals surface area (Å²) in [7, 11) is 0. The molecule has 0 aromatic heterocycles. The Hall–Kier alpha value is -1.66.